The van der Waals surface area contributed by atoms with Crippen LogP contribution < -0.4 is 5.32 Å². The van der Waals surface area contributed by atoms with Crippen molar-refractivity contribution < 1.29 is 9.72 Å². The van der Waals surface area contributed by atoms with Crippen molar-refractivity contribution >= 4 is 44.2 Å². The van der Waals surface area contributed by atoms with Crippen LogP contribution in [0, 0.1) is 10.1 Å². The number of aromatic nitrogens is 3. The summed E-state index contributed by atoms with van der Waals surface area (Å²) in [7, 11) is 0. The Hall–Kier alpha value is -3.59. The number of nitrogens with one attached hydrogen (secondary N) is 1. The van der Waals surface area contributed by atoms with Gasteiger partial charge in [0.25, 0.3) is 11.6 Å². The molecule has 1 heterocycles. The number of anilines is 1. The van der Waals surface area contributed by atoms with Gasteiger partial charge in [0.15, 0.2) is 0 Å². The van der Waals surface area contributed by atoms with Crippen LogP contribution in [-0.2, 0) is 0 Å². The maximum atomic E-state index is 12.6. The summed E-state index contributed by atoms with van der Waals surface area (Å²) in [6.45, 7) is 0. The van der Waals surface area contributed by atoms with Crippen LogP contribution in [0.3, 0.4) is 0 Å². The van der Waals surface area contributed by atoms with Crippen molar-refractivity contribution in [2.24, 2.45) is 0 Å². The van der Waals surface area contributed by atoms with Gasteiger partial charge in [0.05, 0.1) is 16.2 Å². The highest BCUT2D eigenvalue weighted by atomic mass is 79.9. The maximum Gasteiger partial charge on any atom is 0.270 e. The van der Waals surface area contributed by atoms with Crippen LogP contribution in [0.2, 0.25) is 0 Å². The molecule has 0 spiro atoms. The van der Waals surface area contributed by atoms with E-state index in [4.69, 9.17) is 0 Å². The quantitative estimate of drug-likeness (QED) is 0.377. The number of nitro groups is 1. The van der Waals surface area contributed by atoms with Gasteiger partial charge in [-0.25, -0.2) is 0 Å². The van der Waals surface area contributed by atoms with Gasteiger partial charge in [-0.15, -0.1) is 10.2 Å². The van der Waals surface area contributed by atoms with E-state index in [2.05, 4.69) is 31.4 Å². The molecule has 0 aliphatic carbocycles. The number of fused-ring (bicyclic) bond motifs is 1. The zero-order chi connectivity index (χ0) is 19.7. The summed E-state index contributed by atoms with van der Waals surface area (Å²) in [5.74, 6) is -0.467. The van der Waals surface area contributed by atoms with Crippen LogP contribution in [-0.4, -0.2) is 25.8 Å². The molecule has 4 aromatic rings. The summed E-state index contributed by atoms with van der Waals surface area (Å²) in [6, 6.07) is 18.7. The standard InChI is InChI=1S/C19H12BrN5O3/c20-16-8-7-14(25(27)28)11-15(16)19(26)21-12-6-9-17-18(10-12)23-24(22-17)13-4-2-1-3-5-13/h1-11H,(H,21,26). The first-order valence-electron chi connectivity index (χ1n) is 8.19. The Morgan fingerprint density at radius 1 is 1.00 bits per heavy atom. The van der Waals surface area contributed by atoms with E-state index in [-0.39, 0.29) is 11.3 Å². The molecule has 3 aromatic carbocycles. The zero-order valence-electron chi connectivity index (χ0n) is 14.2. The van der Waals surface area contributed by atoms with E-state index in [1.807, 2.05) is 30.3 Å². The summed E-state index contributed by atoms with van der Waals surface area (Å²) >= 11 is 3.25. The number of carbonyl (C=O) groups is 1. The Kier molecular flexibility index (Phi) is 4.58. The number of nitrogens with zero attached hydrogens (tertiary/aromatic N) is 4. The molecule has 9 heteroatoms. The lowest BCUT2D eigenvalue weighted by Gasteiger charge is -2.06. The van der Waals surface area contributed by atoms with Gasteiger partial charge in [0.1, 0.15) is 11.0 Å². The molecule has 0 fully saturated rings. The van der Waals surface area contributed by atoms with Gasteiger partial charge in [-0.2, -0.15) is 4.80 Å². The van der Waals surface area contributed by atoms with Gasteiger partial charge < -0.3 is 5.32 Å². The van der Waals surface area contributed by atoms with Crippen molar-refractivity contribution in [3.8, 4) is 5.69 Å². The van der Waals surface area contributed by atoms with E-state index in [0.29, 0.717) is 21.2 Å². The number of hydrogen-bond donors (Lipinski definition) is 1. The van der Waals surface area contributed by atoms with Crippen LogP contribution in [0.4, 0.5) is 11.4 Å². The van der Waals surface area contributed by atoms with Crippen molar-refractivity contribution in [3.63, 3.8) is 0 Å². The van der Waals surface area contributed by atoms with E-state index < -0.39 is 10.8 Å². The highest BCUT2D eigenvalue weighted by molar-refractivity contribution is 9.10. The zero-order valence-corrected chi connectivity index (χ0v) is 15.8. The number of hydrogen-bond acceptors (Lipinski definition) is 5. The monoisotopic (exact) mass is 437 g/mol. The number of carbonyl (C=O) groups excluding carboxylic acids is 1. The fourth-order valence-electron chi connectivity index (χ4n) is 2.67. The average molecular weight is 438 g/mol. The molecule has 28 heavy (non-hydrogen) atoms. The second kappa shape index (κ2) is 7.20. The van der Waals surface area contributed by atoms with Crippen LogP contribution in [0.5, 0.6) is 0 Å². The molecule has 1 aromatic heterocycles. The third kappa shape index (κ3) is 3.47. The van der Waals surface area contributed by atoms with E-state index >= 15 is 0 Å². The summed E-state index contributed by atoms with van der Waals surface area (Å²) < 4.78 is 0.465. The van der Waals surface area contributed by atoms with E-state index in [1.54, 1.807) is 18.2 Å². The van der Waals surface area contributed by atoms with Gasteiger partial charge in [-0.1, -0.05) is 18.2 Å². The molecule has 0 aliphatic rings. The Bertz CT molecular complexity index is 1210. The highest BCUT2D eigenvalue weighted by Crippen LogP contribution is 2.24. The predicted molar refractivity (Wildman–Crippen MR) is 108 cm³/mol. The second-order valence-electron chi connectivity index (χ2n) is 5.90. The average Bonchev–Trinajstić information content (AvgIpc) is 3.12. The van der Waals surface area contributed by atoms with Crippen LogP contribution in [0.25, 0.3) is 16.7 Å². The van der Waals surface area contributed by atoms with Gasteiger partial charge in [-0.05, 0) is 52.3 Å². The Morgan fingerprint density at radius 2 is 1.75 bits per heavy atom. The number of nitro benzene ring substituents is 1. The third-order valence-corrected chi connectivity index (χ3v) is 4.72. The molecule has 4 rings (SSSR count). The third-order valence-electron chi connectivity index (χ3n) is 4.03. The molecule has 0 saturated carbocycles. The predicted octanol–water partition coefficient (Wildman–Crippen LogP) is 4.34. The van der Waals surface area contributed by atoms with Gasteiger partial charge in [0, 0.05) is 22.3 Å². The Labute approximate surface area is 167 Å². The summed E-state index contributed by atoms with van der Waals surface area (Å²) in [4.78, 5) is 24.5. The SMILES string of the molecule is O=C(Nc1ccc2nn(-c3ccccc3)nc2c1)c1cc([N+](=O)[O-])ccc1Br. The highest BCUT2D eigenvalue weighted by Gasteiger charge is 2.16. The normalized spacial score (nSPS) is 10.8. The lowest BCUT2D eigenvalue weighted by atomic mass is 10.2. The van der Waals surface area contributed by atoms with Crippen molar-refractivity contribution in [3.05, 3.63) is 86.9 Å². The Morgan fingerprint density at radius 3 is 2.50 bits per heavy atom. The minimum Gasteiger partial charge on any atom is -0.322 e. The smallest absolute Gasteiger partial charge is 0.270 e. The topological polar surface area (TPSA) is 103 Å². The molecule has 1 amide bonds. The number of rotatable bonds is 4. The summed E-state index contributed by atoms with van der Waals surface area (Å²) in [6.07, 6.45) is 0. The number of amides is 1. The van der Waals surface area contributed by atoms with Crippen LogP contribution in [0.15, 0.2) is 71.2 Å². The van der Waals surface area contributed by atoms with Crippen molar-refractivity contribution in [2.75, 3.05) is 5.32 Å². The van der Waals surface area contributed by atoms with Gasteiger partial charge >= 0.3 is 0 Å². The molecule has 0 aliphatic heterocycles. The minimum atomic E-state index is -0.544. The van der Waals surface area contributed by atoms with E-state index in [9.17, 15) is 14.9 Å². The Balaban J connectivity index is 1.62. The first-order chi connectivity index (χ1) is 13.5. The van der Waals surface area contributed by atoms with Crippen molar-refractivity contribution in [1.29, 1.82) is 0 Å². The largest absolute Gasteiger partial charge is 0.322 e. The van der Waals surface area contributed by atoms with E-state index in [1.165, 1.54) is 23.0 Å². The summed E-state index contributed by atoms with van der Waals surface area (Å²) in [5, 5.41) is 22.5. The molecule has 138 valence electrons. The maximum absolute atomic E-state index is 12.6. The fourth-order valence-corrected chi connectivity index (χ4v) is 3.10. The lowest BCUT2D eigenvalue weighted by molar-refractivity contribution is -0.384. The number of halogens is 1. The molecule has 1 N–H and O–H groups in total. The molecule has 8 nitrogen and oxygen atoms in total. The number of non-ortho nitro benzene ring substituents is 1. The van der Waals surface area contributed by atoms with Gasteiger partial charge in [-0.3, -0.25) is 14.9 Å². The van der Waals surface area contributed by atoms with E-state index in [0.717, 1.165) is 5.69 Å². The number of para-hydroxylation sites is 1. The van der Waals surface area contributed by atoms with Crippen molar-refractivity contribution in [2.45, 2.75) is 0 Å². The molecule has 0 atom stereocenters. The lowest BCUT2D eigenvalue weighted by Crippen LogP contribution is -2.12. The van der Waals surface area contributed by atoms with Crippen LogP contribution >= 0.6 is 15.9 Å². The molecular formula is C19H12BrN5O3. The molecule has 0 unspecified atom stereocenters. The van der Waals surface area contributed by atoms with Crippen LogP contribution in [0.1, 0.15) is 10.4 Å². The molecule has 0 bridgehead atoms. The first kappa shape index (κ1) is 17.8. The molecule has 0 saturated heterocycles. The van der Waals surface area contributed by atoms with Gasteiger partial charge in [0.2, 0.25) is 0 Å². The number of benzene rings is 3. The molecule has 0 radical (unpaired) electrons. The second-order valence-corrected chi connectivity index (χ2v) is 6.76. The fraction of sp³-hybridized carbons (Fsp3) is 0. The first-order valence-corrected chi connectivity index (χ1v) is 8.98. The molecular weight excluding hydrogens is 426 g/mol. The van der Waals surface area contributed by atoms with Crippen molar-refractivity contribution in [1.82, 2.24) is 15.0 Å². The minimum absolute atomic E-state index is 0.158. The summed E-state index contributed by atoms with van der Waals surface area (Å²) in [5.41, 5.74) is 2.64.